The molecule has 0 amide bonds. The molecule has 1 saturated heterocycles. The van der Waals surface area contributed by atoms with Crippen molar-refractivity contribution in [1.82, 2.24) is 0 Å². The van der Waals surface area contributed by atoms with Crippen molar-refractivity contribution in [2.24, 2.45) is 0 Å². The van der Waals surface area contributed by atoms with E-state index in [1.807, 2.05) is 30.3 Å². The van der Waals surface area contributed by atoms with Crippen LogP contribution in [0.15, 0.2) is 30.3 Å². The second-order valence-electron chi connectivity index (χ2n) is 2.52. The third-order valence-corrected chi connectivity index (χ3v) is 4.51. The second kappa shape index (κ2) is 3.56. The molecule has 1 aliphatic rings. The van der Waals surface area contributed by atoms with Crippen molar-refractivity contribution in [2.45, 2.75) is 5.25 Å². The molecule has 1 unspecified atom stereocenters. The summed E-state index contributed by atoms with van der Waals surface area (Å²) in [6, 6.07) is 10.0. The van der Waals surface area contributed by atoms with Crippen LogP contribution in [-0.2, 0) is 9.09 Å². The van der Waals surface area contributed by atoms with E-state index in [-0.39, 0.29) is 5.25 Å². The third kappa shape index (κ3) is 1.69. The van der Waals surface area contributed by atoms with Gasteiger partial charge in [-0.25, -0.2) is 0 Å². The zero-order valence-electron chi connectivity index (χ0n) is 6.34. The molecule has 1 aliphatic heterocycles. The Labute approximate surface area is 75.9 Å². The Balaban J connectivity index is 2.16. The van der Waals surface area contributed by atoms with Gasteiger partial charge in [0.1, 0.15) is 11.9 Å². The highest BCUT2D eigenvalue weighted by atomic mass is 32.7. The van der Waals surface area contributed by atoms with E-state index >= 15 is 0 Å². The van der Waals surface area contributed by atoms with E-state index < -0.39 is 7.23 Å². The predicted molar refractivity (Wildman–Crippen MR) is 50.3 cm³/mol. The summed E-state index contributed by atoms with van der Waals surface area (Å²) < 4.78 is 15.9. The molecule has 2 rings (SSSR count). The fraction of sp³-hybridized carbons (Fsp3) is 0.250. The van der Waals surface area contributed by atoms with E-state index in [9.17, 15) is 4.57 Å². The van der Waals surface area contributed by atoms with Crippen LogP contribution in [0.1, 0.15) is 10.8 Å². The van der Waals surface area contributed by atoms with Crippen LogP contribution in [-0.4, -0.2) is 6.61 Å². The van der Waals surface area contributed by atoms with Gasteiger partial charge < -0.3 is 0 Å². The minimum absolute atomic E-state index is 0.259. The quantitative estimate of drug-likeness (QED) is 0.650. The van der Waals surface area contributed by atoms with E-state index in [0.29, 0.717) is 6.61 Å². The van der Waals surface area contributed by atoms with Crippen LogP contribution in [0.4, 0.5) is 0 Å². The Morgan fingerprint density at radius 1 is 1.42 bits per heavy atom. The van der Waals surface area contributed by atoms with Crippen LogP contribution < -0.4 is 0 Å². The van der Waals surface area contributed by atoms with Crippen LogP contribution in [0.25, 0.3) is 0 Å². The lowest BCUT2D eigenvalue weighted by atomic mass is 10.2. The first-order chi connectivity index (χ1) is 5.86. The number of hydrogen-bond donors (Lipinski definition) is 0. The minimum Gasteiger partial charge on any atom is -0.134 e. The van der Waals surface area contributed by atoms with Gasteiger partial charge in [-0.15, -0.1) is 4.52 Å². The molecule has 0 radical (unpaired) electrons. The Hall–Kier alpha value is -0.370. The minimum atomic E-state index is -1.46. The van der Waals surface area contributed by atoms with E-state index in [4.69, 9.17) is 4.52 Å². The summed E-state index contributed by atoms with van der Waals surface area (Å²) in [5, 5.41) is 0.259. The SMILES string of the molecule is O=[P+]1OC[C@H](c2ccccc2)S1. The lowest BCUT2D eigenvalue weighted by Gasteiger charge is -1.99. The Bertz CT molecular complexity index is 288. The highest BCUT2D eigenvalue weighted by molar-refractivity contribution is 8.50. The van der Waals surface area contributed by atoms with Crippen molar-refractivity contribution < 1.29 is 9.09 Å². The molecule has 0 aliphatic carbocycles. The van der Waals surface area contributed by atoms with E-state index in [1.54, 1.807) is 0 Å². The van der Waals surface area contributed by atoms with Gasteiger partial charge in [-0.1, -0.05) is 30.3 Å². The molecule has 1 aromatic rings. The first-order valence-electron chi connectivity index (χ1n) is 3.68. The van der Waals surface area contributed by atoms with Crippen molar-refractivity contribution in [2.75, 3.05) is 6.61 Å². The van der Waals surface area contributed by atoms with E-state index in [0.717, 1.165) is 0 Å². The first kappa shape index (κ1) is 8.24. The fourth-order valence-electron chi connectivity index (χ4n) is 1.12. The average molecular weight is 199 g/mol. The molecule has 0 aromatic heterocycles. The van der Waals surface area contributed by atoms with Gasteiger partial charge in [-0.3, -0.25) is 0 Å². The van der Waals surface area contributed by atoms with Crippen LogP contribution in [0.5, 0.6) is 0 Å². The van der Waals surface area contributed by atoms with Gasteiger partial charge in [-0.2, -0.15) is 0 Å². The maximum Gasteiger partial charge on any atom is 0.586 e. The van der Waals surface area contributed by atoms with Gasteiger partial charge in [-0.05, 0) is 10.1 Å². The van der Waals surface area contributed by atoms with Crippen LogP contribution >= 0.6 is 18.6 Å². The van der Waals surface area contributed by atoms with Crippen molar-refractivity contribution in [3.05, 3.63) is 35.9 Å². The summed E-state index contributed by atoms with van der Waals surface area (Å²) in [5.74, 6) is 0. The average Bonchev–Trinajstić information content (AvgIpc) is 2.54. The van der Waals surface area contributed by atoms with Crippen LogP contribution in [0.2, 0.25) is 0 Å². The Morgan fingerprint density at radius 3 is 2.75 bits per heavy atom. The topological polar surface area (TPSA) is 26.3 Å². The molecule has 1 heterocycles. The standard InChI is InChI=1S/C8H8O2PS/c9-11-10-6-8(12-11)7-4-2-1-3-5-7/h1-5,8H,6H2/q+1/t8-/m1/s1. The summed E-state index contributed by atoms with van der Waals surface area (Å²) in [6.07, 6.45) is 0. The molecule has 1 aromatic carbocycles. The zero-order chi connectivity index (χ0) is 8.39. The van der Waals surface area contributed by atoms with Gasteiger partial charge in [0.05, 0.1) is 0 Å². The molecule has 2 atom stereocenters. The maximum atomic E-state index is 10.9. The highest BCUT2D eigenvalue weighted by Crippen LogP contribution is 2.55. The van der Waals surface area contributed by atoms with Gasteiger partial charge in [0.2, 0.25) is 0 Å². The Morgan fingerprint density at radius 2 is 2.17 bits per heavy atom. The number of hydrogen-bond acceptors (Lipinski definition) is 3. The number of benzene rings is 1. The fourth-order valence-corrected chi connectivity index (χ4v) is 3.70. The number of rotatable bonds is 1. The van der Waals surface area contributed by atoms with Crippen LogP contribution in [0, 0.1) is 0 Å². The molecule has 2 nitrogen and oxygen atoms in total. The van der Waals surface area contributed by atoms with Gasteiger partial charge in [0, 0.05) is 0 Å². The largest absolute Gasteiger partial charge is 0.586 e. The van der Waals surface area contributed by atoms with Crippen LogP contribution in [0.3, 0.4) is 0 Å². The molecule has 0 spiro atoms. The summed E-state index contributed by atoms with van der Waals surface area (Å²) in [7, 11) is -1.46. The summed E-state index contributed by atoms with van der Waals surface area (Å²) in [5.41, 5.74) is 1.20. The van der Waals surface area contributed by atoms with Gasteiger partial charge >= 0.3 is 7.23 Å². The van der Waals surface area contributed by atoms with Crippen molar-refractivity contribution in [1.29, 1.82) is 0 Å². The van der Waals surface area contributed by atoms with Crippen molar-refractivity contribution in [3.8, 4) is 0 Å². The van der Waals surface area contributed by atoms with Gasteiger partial charge in [0.25, 0.3) is 0 Å². The molecule has 1 fully saturated rings. The Kier molecular flexibility index (Phi) is 2.45. The van der Waals surface area contributed by atoms with Gasteiger partial charge in [0.15, 0.2) is 11.4 Å². The summed E-state index contributed by atoms with van der Waals surface area (Å²) in [4.78, 5) is 0. The maximum absolute atomic E-state index is 10.9. The summed E-state index contributed by atoms with van der Waals surface area (Å²) in [6.45, 7) is 0.573. The third-order valence-electron chi connectivity index (χ3n) is 1.72. The molecule has 0 bridgehead atoms. The van der Waals surface area contributed by atoms with Crippen molar-refractivity contribution >= 4 is 18.6 Å². The monoisotopic (exact) mass is 199 g/mol. The molecule has 0 N–H and O–H groups in total. The predicted octanol–water partition coefficient (Wildman–Crippen LogP) is 3.15. The smallest absolute Gasteiger partial charge is 0.134 e. The lowest BCUT2D eigenvalue weighted by Crippen LogP contribution is -1.92. The molecular formula is C8H8O2PS+. The lowest BCUT2D eigenvalue weighted by molar-refractivity contribution is 0.351. The van der Waals surface area contributed by atoms with E-state index in [1.165, 1.54) is 16.9 Å². The first-order valence-corrected chi connectivity index (χ1v) is 6.34. The van der Waals surface area contributed by atoms with E-state index in [2.05, 4.69) is 0 Å². The normalized spacial score (nSPS) is 26.0. The second-order valence-corrected chi connectivity index (χ2v) is 5.54. The molecule has 62 valence electrons. The van der Waals surface area contributed by atoms with Crippen molar-refractivity contribution in [3.63, 3.8) is 0 Å². The molecular weight excluding hydrogens is 191 g/mol. The highest BCUT2D eigenvalue weighted by Gasteiger charge is 2.38. The molecule has 12 heavy (non-hydrogen) atoms. The zero-order valence-corrected chi connectivity index (χ0v) is 8.05. The molecule has 0 saturated carbocycles. The summed E-state index contributed by atoms with van der Waals surface area (Å²) >= 11 is 1.41. The molecule has 4 heteroatoms.